The van der Waals surface area contributed by atoms with E-state index in [9.17, 15) is 0 Å². The molecule has 1 atom stereocenters. The maximum Gasteiger partial charge on any atom is 0.316 e. The highest BCUT2D eigenvalue weighted by molar-refractivity contribution is 7.22. The quantitative estimate of drug-likeness (QED) is 0.317. The lowest BCUT2D eigenvalue weighted by Crippen LogP contribution is -2.82. The maximum absolute atomic E-state index is 7.87. The highest BCUT2D eigenvalue weighted by Gasteiger charge is 2.74. The predicted molar refractivity (Wildman–Crippen MR) is 164 cm³/mol. The van der Waals surface area contributed by atoms with Gasteiger partial charge in [-0.3, -0.25) is 0 Å². The molecule has 3 aromatic rings. The highest BCUT2D eigenvalue weighted by Crippen LogP contribution is 2.65. The molecular formula is C32H38OSi3. The summed E-state index contributed by atoms with van der Waals surface area (Å²) in [4.78, 5) is 0. The van der Waals surface area contributed by atoms with Gasteiger partial charge in [-0.15, -0.1) is 0 Å². The number of hydrogen-bond donors (Lipinski definition) is 0. The lowest BCUT2D eigenvalue weighted by molar-refractivity contribution is 0.452. The van der Waals surface area contributed by atoms with Gasteiger partial charge < -0.3 is 4.43 Å². The average Bonchev–Trinajstić information content (AvgIpc) is 2.87. The molecule has 5 rings (SSSR count). The second-order valence-corrected chi connectivity index (χ2v) is 27.8. The molecule has 1 nitrogen and oxygen atoms in total. The van der Waals surface area contributed by atoms with E-state index in [1.54, 1.807) is 0 Å². The van der Waals surface area contributed by atoms with Gasteiger partial charge in [-0.05, 0) is 10.4 Å². The first kappa shape index (κ1) is 25.0. The second kappa shape index (κ2) is 9.02. The van der Waals surface area contributed by atoms with Gasteiger partial charge in [0.1, 0.15) is 5.76 Å². The molecule has 1 unspecified atom stereocenters. The molecule has 0 radical (unpaired) electrons. The molecule has 0 bridgehead atoms. The summed E-state index contributed by atoms with van der Waals surface area (Å²) in [6.07, 6.45) is 9.38. The smallest absolute Gasteiger partial charge is 0.316 e. The third-order valence-corrected chi connectivity index (χ3v) is 29.0. The Morgan fingerprint density at radius 2 is 1.11 bits per heavy atom. The minimum absolute atomic E-state index is 0.0740. The second-order valence-electron chi connectivity index (χ2n) is 12.2. The third-order valence-electron chi connectivity index (χ3n) is 8.33. The molecule has 36 heavy (non-hydrogen) atoms. The molecule has 184 valence electrons. The van der Waals surface area contributed by atoms with E-state index in [2.05, 4.69) is 155 Å². The number of rotatable bonds is 5. The summed E-state index contributed by atoms with van der Waals surface area (Å²) in [6, 6.07) is 33.4. The molecule has 3 aromatic carbocycles. The number of hydrogen-bond acceptors (Lipinski definition) is 1. The molecule has 0 N–H and O–H groups in total. The SMILES string of the molecule is C[Si](C)(C)C1([Si](C)(C)C)C2C=CC=CC2=C(c2ccccc2)O[Si]1(c1ccccc1)c1ccccc1. The molecule has 0 fully saturated rings. The molecule has 0 saturated carbocycles. The fourth-order valence-corrected chi connectivity index (χ4v) is 33.7. The summed E-state index contributed by atoms with van der Waals surface area (Å²) in [5.41, 5.74) is 2.55. The zero-order valence-electron chi connectivity index (χ0n) is 22.5. The molecule has 2 aliphatic rings. The van der Waals surface area contributed by atoms with E-state index in [0.717, 1.165) is 5.76 Å². The van der Waals surface area contributed by atoms with Crippen molar-refractivity contribution in [3.63, 3.8) is 0 Å². The lowest BCUT2D eigenvalue weighted by Gasteiger charge is -2.66. The van der Waals surface area contributed by atoms with Crippen LogP contribution in [0.2, 0.25) is 43.6 Å². The summed E-state index contributed by atoms with van der Waals surface area (Å²) in [5, 5.41) is 2.80. The fourth-order valence-electron chi connectivity index (χ4n) is 7.66. The van der Waals surface area contributed by atoms with Gasteiger partial charge in [0.15, 0.2) is 0 Å². The third kappa shape index (κ3) is 3.53. The molecular weight excluding hydrogens is 485 g/mol. The molecule has 0 amide bonds. The van der Waals surface area contributed by atoms with E-state index >= 15 is 0 Å². The Kier molecular flexibility index (Phi) is 6.26. The van der Waals surface area contributed by atoms with Crippen LogP contribution < -0.4 is 10.4 Å². The molecule has 1 aliphatic heterocycles. The number of benzene rings is 3. The van der Waals surface area contributed by atoms with Crippen LogP contribution in [0, 0.1) is 5.92 Å². The number of allylic oxidation sites excluding steroid dienone is 5. The first-order valence-electron chi connectivity index (χ1n) is 13.1. The van der Waals surface area contributed by atoms with Crippen LogP contribution in [0.5, 0.6) is 0 Å². The highest BCUT2D eigenvalue weighted by atomic mass is 28.5. The van der Waals surface area contributed by atoms with Crippen molar-refractivity contribution >= 4 is 40.6 Å². The largest absolute Gasteiger partial charge is 0.534 e. The maximum atomic E-state index is 7.87. The van der Waals surface area contributed by atoms with E-state index < -0.39 is 24.5 Å². The normalized spacial score (nSPS) is 20.6. The Balaban J connectivity index is 2.02. The monoisotopic (exact) mass is 522 g/mol. The van der Waals surface area contributed by atoms with E-state index in [-0.39, 0.29) is 4.28 Å². The van der Waals surface area contributed by atoms with Crippen LogP contribution in [0.3, 0.4) is 0 Å². The Morgan fingerprint density at radius 1 is 0.639 bits per heavy atom. The van der Waals surface area contributed by atoms with Crippen molar-refractivity contribution in [2.45, 2.75) is 43.6 Å². The first-order chi connectivity index (χ1) is 17.1. The van der Waals surface area contributed by atoms with Crippen LogP contribution in [0.25, 0.3) is 5.76 Å². The first-order valence-corrected chi connectivity index (χ1v) is 22.0. The minimum atomic E-state index is -2.86. The summed E-state index contributed by atoms with van der Waals surface area (Å²) in [7, 11) is -6.66. The topological polar surface area (TPSA) is 9.23 Å². The van der Waals surface area contributed by atoms with E-state index in [1.807, 2.05) is 0 Å². The van der Waals surface area contributed by atoms with Gasteiger partial charge in [0.2, 0.25) is 0 Å². The van der Waals surface area contributed by atoms with E-state index in [0.29, 0.717) is 5.92 Å². The van der Waals surface area contributed by atoms with Crippen LogP contribution in [0.1, 0.15) is 5.56 Å². The van der Waals surface area contributed by atoms with Crippen LogP contribution >= 0.6 is 0 Å². The average molecular weight is 523 g/mol. The van der Waals surface area contributed by atoms with E-state index in [1.165, 1.54) is 21.5 Å². The Labute approximate surface area is 220 Å². The number of fused-ring (bicyclic) bond motifs is 1. The van der Waals surface area contributed by atoms with E-state index in [4.69, 9.17) is 4.43 Å². The van der Waals surface area contributed by atoms with Crippen LogP contribution in [0.15, 0.2) is 121 Å². The van der Waals surface area contributed by atoms with Crippen LogP contribution in [-0.4, -0.2) is 24.5 Å². The van der Waals surface area contributed by atoms with Gasteiger partial charge in [-0.2, -0.15) is 0 Å². The molecule has 4 heteroatoms. The molecule has 0 aromatic heterocycles. The van der Waals surface area contributed by atoms with Crippen LogP contribution in [-0.2, 0) is 4.43 Å². The molecule has 0 saturated heterocycles. The van der Waals surface area contributed by atoms with Crippen molar-refractivity contribution in [2.24, 2.45) is 5.92 Å². The summed E-state index contributed by atoms with van der Waals surface area (Å²) in [6.45, 7) is 15.7. The van der Waals surface area contributed by atoms with Crippen molar-refractivity contribution in [3.8, 4) is 0 Å². The zero-order chi connectivity index (χ0) is 25.6. The van der Waals surface area contributed by atoms with Gasteiger partial charge >= 0.3 is 8.32 Å². The summed E-state index contributed by atoms with van der Waals surface area (Å²) >= 11 is 0. The predicted octanol–water partition coefficient (Wildman–Crippen LogP) is 7.43. The Morgan fingerprint density at radius 3 is 1.58 bits per heavy atom. The fraction of sp³-hybridized carbons (Fsp3) is 0.250. The lowest BCUT2D eigenvalue weighted by atomic mass is 9.92. The van der Waals surface area contributed by atoms with Crippen molar-refractivity contribution in [2.75, 3.05) is 0 Å². The van der Waals surface area contributed by atoms with Gasteiger partial charge in [0.05, 0.1) is 16.1 Å². The van der Waals surface area contributed by atoms with Crippen molar-refractivity contribution in [1.29, 1.82) is 0 Å². The molecule has 1 aliphatic carbocycles. The van der Waals surface area contributed by atoms with Crippen molar-refractivity contribution in [1.82, 2.24) is 0 Å². The molecule has 1 heterocycles. The Bertz CT molecular complexity index is 1260. The summed E-state index contributed by atoms with van der Waals surface area (Å²) < 4.78 is 7.95. The van der Waals surface area contributed by atoms with Crippen molar-refractivity contribution in [3.05, 3.63) is 126 Å². The van der Waals surface area contributed by atoms with Gasteiger partial charge in [0.25, 0.3) is 0 Å². The van der Waals surface area contributed by atoms with Gasteiger partial charge in [-0.25, -0.2) is 0 Å². The Hall–Kier alpha value is -2.67. The zero-order valence-corrected chi connectivity index (χ0v) is 25.5. The van der Waals surface area contributed by atoms with Crippen LogP contribution in [0.4, 0.5) is 0 Å². The summed E-state index contributed by atoms with van der Waals surface area (Å²) in [5.74, 6) is 1.41. The molecule has 0 spiro atoms. The van der Waals surface area contributed by atoms with Gasteiger partial charge in [-0.1, -0.05) is 155 Å². The standard InChI is InChI=1S/C32H38OSi3/c1-34(2,3)32(35(4,5)6)30-25-17-16-24-29(30)31(26-18-10-7-11-19-26)33-36(32,27-20-12-8-13-21-27)28-22-14-9-15-23-28/h7-25,30H,1-6H3. The minimum Gasteiger partial charge on any atom is -0.534 e. The van der Waals surface area contributed by atoms with Gasteiger partial charge in [0, 0.05) is 21.3 Å². The van der Waals surface area contributed by atoms with Crippen molar-refractivity contribution < 1.29 is 4.43 Å².